The highest BCUT2D eigenvalue weighted by Crippen LogP contribution is 2.38. The van der Waals surface area contributed by atoms with E-state index in [1.807, 2.05) is 18.2 Å². The largest absolute Gasteiger partial charge is 0.483 e. The van der Waals surface area contributed by atoms with E-state index in [0.29, 0.717) is 25.5 Å². The lowest BCUT2D eigenvalue weighted by Crippen LogP contribution is -2.59. The molecule has 160 valence electrons. The summed E-state index contributed by atoms with van der Waals surface area (Å²) < 4.78 is 38.6. The van der Waals surface area contributed by atoms with Crippen molar-refractivity contribution in [3.63, 3.8) is 0 Å². The molecule has 29 heavy (non-hydrogen) atoms. The second-order valence-corrected chi connectivity index (χ2v) is 10.2. The van der Waals surface area contributed by atoms with Gasteiger partial charge in [0.05, 0.1) is 25.0 Å². The first kappa shape index (κ1) is 20.6. The van der Waals surface area contributed by atoms with E-state index in [-0.39, 0.29) is 30.7 Å². The van der Waals surface area contributed by atoms with Crippen molar-refractivity contribution >= 4 is 15.9 Å². The average Bonchev–Trinajstić information content (AvgIpc) is 2.71. The fraction of sp³-hybridized carbons (Fsp3) is 0.667. The van der Waals surface area contributed by atoms with Gasteiger partial charge in [-0.1, -0.05) is 18.2 Å². The van der Waals surface area contributed by atoms with E-state index in [9.17, 15) is 13.2 Å². The van der Waals surface area contributed by atoms with Crippen molar-refractivity contribution in [2.45, 2.75) is 62.6 Å². The molecule has 0 radical (unpaired) electrons. The number of amides is 1. The molecule has 1 aromatic rings. The van der Waals surface area contributed by atoms with Crippen LogP contribution < -0.4 is 9.46 Å². The lowest BCUT2D eigenvalue weighted by atomic mass is 9.82. The van der Waals surface area contributed by atoms with Crippen molar-refractivity contribution in [1.82, 2.24) is 9.62 Å². The molecule has 5 rings (SSSR count). The van der Waals surface area contributed by atoms with E-state index < -0.39 is 10.0 Å². The average molecular weight is 423 g/mol. The zero-order valence-corrected chi connectivity index (χ0v) is 17.7. The van der Waals surface area contributed by atoms with Gasteiger partial charge in [-0.3, -0.25) is 4.79 Å². The monoisotopic (exact) mass is 422 g/mol. The maximum atomic E-state index is 13.0. The summed E-state index contributed by atoms with van der Waals surface area (Å²) in [5, 5.41) is 0. The number of fused-ring (bicyclic) bond motifs is 5. The summed E-state index contributed by atoms with van der Waals surface area (Å²) in [7, 11) is -3.37. The van der Waals surface area contributed by atoms with E-state index in [0.717, 1.165) is 44.1 Å². The first-order valence-corrected chi connectivity index (χ1v) is 12.4. The van der Waals surface area contributed by atoms with Gasteiger partial charge in [-0.25, -0.2) is 13.1 Å². The molecule has 7 nitrogen and oxygen atoms in total. The molecule has 4 aliphatic rings. The van der Waals surface area contributed by atoms with Gasteiger partial charge < -0.3 is 14.4 Å². The molecule has 1 unspecified atom stereocenters. The molecule has 1 amide bonds. The van der Waals surface area contributed by atoms with Gasteiger partial charge >= 0.3 is 0 Å². The third-order valence-corrected chi connectivity index (χ3v) is 7.08. The van der Waals surface area contributed by atoms with Crippen molar-refractivity contribution in [3.05, 3.63) is 29.8 Å². The van der Waals surface area contributed by atoms with E-state index in [2.05, 4.69) is 10.8 Å². The van der Waals surface area contributed by atoms with E-state index >= 15 is 0 Å². The molecule has 0 spiro atoms. The molecule has 1 saturated heterocycles. The van der Waals surface area contributed by atoms with Crippen molar-refractivity contribution < 1.29 is 22.7 Å². The smallest absolute Gasteiger partial charge is 0.260 e. The summed E-state index contributed by atoms with van der Waals surface area (Å²) in [6.07, 6.45) is 6.73. The highest BCUT2D eigenvalue weighted by atomic mass is 32.2. The molecule has 1 aliphatic carbocycles. The lowest BCUT2D eigenvalue weighted by molar-refractivity contribution is -0.140. The molecule has 2 bridgehead atoms. The molecule has 3 heterocycles. The van der Waals surface area contributed by atoms with Crippen LogP contribution in [0, 0.1) is 0 Å². The van der Waals surface area contributed by atoms with Gasteiger partial charge in [0.15, 0.2) is 6.61 Å². The van der Waals surface area contributed by atoms with Crippen LogP contribution in [-0.2, 0) is 19.6 Å². The lowest BCUT2D eigenvalue weighted by Gasteiger charge is -2.41. The van der Waals surface area contributed by atoms with Crippen molar-refractivity contribution in [3.8, 4) is 5.75 Å². The van der Waals surface area contributed by atoms with Crippen molar-refractivity contribution in [2.75, 3.05) is 26.0 Å². The number of hydrogen-bond donors (Lipinski definition) is 1. The molecular weight excluding hydrogens is 392 g/mol. The summed E-state index contributed by atoms with van der Waals surface area (Å²) in [6.45, 7) is 0.892. The van der Waals surface area contributed by atoms with Crippen molar-refractivity contribution in [2.24, 2.45) is 0 Å². The Hall–Kier alpha value is -1.64. The maximum absolute atomic E-state index is 13.0. The van der Waals surface area contributed by atoms with Crippen LogP contribution in [0.1, 0.15) is 50.0 Å². The number of sulfonamides is 1. The van der Waals surface area contributed by atoms with Crippen LogP contribution >= 0.6 is 0 Å². The Morgan fingerprint density at radius 2 is 1.86 bits per heavy atom. The quantitative estimate of drug-likeness (QED) is 0.788. The first-order chi connectivity index (χ1) is 13.9. The fourth-order valence-corrected chi connectivity index (χ4v) is 5.76. The molecule has 2 atom stereocenters. The minimum absolute atomic E-state index is 0.0464. The Morgan fingerprint density at radius 1 is 1.10 bits per heavy atom. The van der Waals surface area contributed by atoms with E-state index in [4.69, 9.17) is 9.47 Å². The van der Waals surface area contributed by atoms with Gasteiger partial charge in [0, 0.05) is 12.6 Å². The molecule has 1 aromatic carbocycles. The Kier molecular flexibility index (Phi) is 6.13. The predicted molar refractivity (Wildman–Crippen MR) is 109 cm³/mol. The first-order valence-electron chi connectivity index (χ1n) is 10.5. The molecule has 2 fully saturated rings. The fourth-order valence-electron chi connectivity index (χ4n) is 4.93. The summed E-state index contributed by atoms with van der Waals surface area (Å²) in [6, 6.07) is 7.34. The number of hydrogen-bond acceptors (Lipinski definition) is 5. The normalized spacial score (nSPS) is 30.9. The zero-order chi connectivity index (χ0) is 20.4. The maximum Gasteiger partial charge on any atom is 0.260 e. The molecule has 3 aliphatic heterocycles. The number of carbonyl (C=O) groups is 1. The Morgan fingerprint density at radius 3 is 2.62 bits per heavy atom. The molecule has 0 aromatic heterocycles. The van der Waals surface area contributed by atoms with Gasteiger partial charge in [0.1, 0.15) is 5.75 Å². The van der Waals surface area contributed by atoms with Gasteiger partial charge in [0.2, 0.25) is 10.0 Å². The molecular formula is C21H30N2O5S. The zero-order valence-electron chi connectivity index (χ0n) is 16.9. The third kappa shape index (κ3) is 4.92. The number of ether oxygens (including phenoxy) is 2. The van der Waals surface area contributed by atoms with Crippen molar-refractivity contribution in [1.29, 1.82) is 0 Å². The van der Waals surface area contributed by atoms with E-state index in [1.54, 1.807) is 4.90 Å². The highest BCUT2D eigenvalue weighted by Gasteiger charge is 2.37. The summed E-state index contributed by atoms with van der Waals surface area (Å²) >= 11 is 0. The minimum Gasteiger partial charge on any atom is -0.483 e. The number of carbonyl (C=O) groups excluding carboxylic acids is 1. The molecule has 1 saturated carbocycles. The van der Waals surface area contributed by atoms with Gasteiger partial charge in [-0.05, 0) is 56.1 Å². The van der Waals surface area contributed by atoms with Gasteiger partial charge in [-0.2, -0.15) is 0 Å². The topological polar surface area (TPSA) is 84.9 Å². The Bertz CT molecular complexity index is 835. The number of nitrogens with zero attached hydrogens (tertiary/aromatic N) is 1. The van der Waals surface area contributed by atoms with E-state index in [1.165, 1.54) is 5.56 Å². The molecule has 8 heteroatoms. The second kappa shape index (κ2) is 8.62. The van der Waals surface area contributed by atoms with Crippen LogP contribution in [0.25, 0.3) is 0 Å². The van der Waals surface area contributed by atoms with Crippen LogP contribution in [0.3, 0.4) is 0 Å². The van der Waals surface area contributed by atoms with Crippen LogP contribution in [-0.4, -0.2) is 63.4 Å². The van der Waals surface area contributed by atoms with Crippen LogP contribution in [0.15, 0.2) is 24.3 Å². The van der Waals surface area contributed by atoms with Crippen LogP contribution in [0.4, 0.5) is 0 Å². The predicted octanol–water partition coefficient (Wildman–Crippen LogP) is 2.03. The highest BCUT2D eigenvalue weighted by molar-refractivity contribution is 7.88. The van der Waals surface area contributed by atoms with Gasteiger partial charge in [-0.15, -0.1) is 0 Å². The Labute approximate surface area is 172 Å². The number of nitrogens with one attached hydrogen (secondary N) is 1. The summed E-state index contributed by atoms with van der Waals surface area (Å²) in [5.74, 6) is 1.08. The summed E-state index contributed by atoms with van der Waals surface area (Å²) in [4.78, 5) is 14.8. The summed E-state index contributed by atoms with van der Waals surface area (Å²) in [5.41, 5.74) is 1.17. The number of piperidine rings is 1. The standard InChI is InChI=1S/C21H30N2O5S/c1-29(25,26)22-18-6-4-12-23-19(18)13-27-16-10-8-15(9-11-16)17-5-2-3-7-20(17)28-14-21(23)24/h2-3,5,7,15-16,18-19,22H,4,6,8-14H2,1H3/t15?,16?,18?,19-/m0/s1. The second-order valence-electron chi connectivity index (χ2n) is 8.43. The molecule has 1 N–H and O–H groups in total. The SMILES string of the molecule is CS(=O)(=O)NC1CCCN2C(=O)COc3ccccc3C3CCC(CC3)OC[C@@H]12. The Balaban J connectivity index is 1.61. The third-order valence-electron chi connectivity index (χ3n) is 6.35. The number of rotatable bonds is 2. The minimum atomic E-state index is -3.37. The number of para-hydroxylation sites is 1. The van der Waals surface area contributed by atoms with Gasteiger partial charge in [0.25, 0.3) is 5.91 Å². The van der Waals surface area contributed by atoms with Crippen LogP contribution in [0.5, 0.6) is 5.75 Å². The number of benzene rings is 1. The van der Waals surface area contributed by atoms with Crippen LogP contribution in [0.2, 0.25) is 0 Å².